The van der Waals surface area contributed by atoms with E-state index in [4.69, 9.17) is 10.00 Å². The van der Waals surface area contributed by atoms with Gasteiger partial charge in [0.25, 0.3) is 10.0 Å². The number of phenols is 1. The van der Waals surface area contributed by atoms with Crippen LogP contribution in [-0.2, 0) is 17.1 Å². The van der Waals surface area contributed by atoms with E-state index in [9.17, 15) is 36.3 Å². The summed E-state index contributed by atoms with van der Waals surface area (Å²) in [4.78, 5) is 22.9. The third kappa shape index (κ3) is 7.47. The number of methoxy groups -OCH3 is 1. The Morgan fingerprint density at radius 3 is 2.27 bits per heavy atom. The summed E-state index contributed by atoms with van der Waals surface area (Å²) in [5.74, 6) is -0.935. The van der Waals surface area contributed by atoms with Crippen LogP contribution in [0.1, 0.15) is 5.56 Å². The quantitative estimate of drug-likeness (QED) is 0.423. The van der Waals surface area contributed by atoms with Crippen LogP contribution >= 0.6 is 31.9 Å². The molecule has 1 amide bonds. The molecule has 3 aromatic rings. The molecule has 12 nitrogen and oxygen atoms in total. The van der Waals surface area contributed by atoms with E-state index in [1.54, 1.807) is 12.1 Å². The van der Waals surface area contributed by atoms with Crippen molar-refractivity contribution in [3.63, 3.8) is 0 Å². The summed E-state index contributed by atoms with van der Waals surface area (Å²) in [7, 11) is -2.45. The average Bonchev–Trinajstić information content (AvgIpc) is 3.10. The molecule has 0 aliphatic carbocycles. The SMILES string of the molecule is COc1nn(C(=O)NS(=O)(=O)c2ccccc2OC(F)(F)F)c(=O)n1C.N#Cc1cc(Br)c(O)c(Br)c1. The van der Waals surface area contributed by atoms with Crippen molar-refractivity contribution < 1.29 is 41.0 Å². The smallest absolute Gasteiger partial charge is 0.506 e. The standard InChI is InChI=1S/C12H11F3N4O6S.C7H3Br2NO/c1-18-10(24-2)16-19(11(18)21)9(20)17-26(22,23)8-6-4-3-5-7(8)25-12(13,14)15;8-5-1-4(3-10)2-6(9)7(5)11/h3-6H,1-2H3,(H,17,20);1-2,11H. The maximum absolute atomic E-state index is 12.4. The summed E-state index contributed by atoms with van der Waals surface area (Å²) in [5.41, 5.74) is -0.532. The summed E-state index contributed by atoms with van der Waals surface area (Å²) in [6.07, 6.45) is -5.15. The normalized spacial score (nSPS) is 11.1. The average molecular weight is 673 g/mol. The summed E-state index contributed by atoms with van der Waals surface area (Å²) in [6.45, 7) is 0. The van der Waals surface area contributed by atoms with Gasteiger partial charge in [0.15, 0.2) is 0 Å². The summed E-state index contributed by atoms with van der Waals surface area (Å²) in [5, 5.41) is 21.2. The van der Waals surface area contributed by atoms with Crippen LogP contribution in [0.3, 0.4) is 0 Å². The number of amides is 1. The van der Waals surface area contributed by atoms with Gasteiger partial charge in [-0.25, -0.2) is 27.3 Å². The number of para-hydroxylation sites is 1. The first-order valence-corrected chi connectivity index (χ1v) is 12.4. The molecule has 18 heteroatoms. The number of aromatic nitrogens is 3. The second-order valence-electron chi connectivity index (χ2n) is 6.55. The lowest BCUT2D eigenvalue weighted by Gasteiger charge is -2.13. The van der Waals surface area contributed by atoms with Crippen molar-refractivity contribution in [1.29, 1.82) is 5.26 Å². The van der Waals surface area contributed by atoms with Gasteiger partial charge in [0.05, 0.1) is 27.7 Å². The molecule has 0 aliphatic rings. The van der Waals surface area contributed by atoms with Crippen molar-refractivity contribution in [3.05, 3.63) is 61.4 Å². The molecule has 0 saturated carbocycles. The molecule has 2 N–H and O–H groups in total. The van der Waals surface area contributed by atoms with Crippen LogP contribution in [0.4, 0.5) is 18.0 Å². The topological polar surface area (TPSA) is 166 Å². The zero-order valence-electron chi connectivity index (χ0n) is 18.4. The Morgan fingerprint density at radius 1 is 1.22 bits per heavy atom. The van der Waals surface area contributed by atoms with Gasteiger partial charge in [0.1, 0.15) is 16.4 Å². The molecule has 0 saturated heterocycles. The highest BCUT2D eigenvalue weighted by molar-refractivity contribution is 9.11. The molecule has 198 valence electrons. The van der Waals surface area contributed by atoms with E-state index >= 15 is 0 Å². The van der Waals surface area contributed by atoms with Crippen LogP contribution in [-0.4, -0.2) is 47.4 Å². The van der Waals surface area contributed by atoms with Gasteiger partial charge in [-0.3, -0.25) is 0 Å². The fraction of sp³-hybridized carbons (Fsp3) is 0.158. The molecular formula is C19H14Br2F3N5O7S. The minimum absolute atomic E-state index is 0.115. The summed E-state index contributed by atoms with van der Waals surface area (Å²) >= 11 is 6.21. The van der Waals surface area contributed by atoms with Crippen LogP contribution in [0.15, 0.2) is 55.0 Å². The number of nitriles is 1. The second kappa shape index (κ2) is 11.7. The van der Waals surface area contributed by atoms with Gasteiger partial charge in [-0.2, -0.15) is 5.26 Å². The monoisotopic (exact) mass is 671 g/mol. The summed E-state index contributed by atoms with van der Waals surface area (Å²) in [6, 6.07) is 7.04. The van der Waals surface area contributed by atoms with Crippen LogP contribution in [0.25, 0.3) is 0 Å². The van der Waals surface area contributed by atoms with E-state index in [0.717, 1.165) is 35.9 Å². The fourth-order valence-corrected chi connectivity index (χ4v) is 4.70. The van der Waals surface area contributed by atoms with Gasteiger partial charge in [-0.1, -0.05) is 12.1 Å². The predicted octanol–water partition coefficient (Wildman–Crippen LogP) is 3.22. The lowest BCUT2D eigenvalue weighted by molar-refractivity contribution is -0.275. The molecule has 0 bridgehead atoms. The number of sulfonamides is 1. The third-order valence-electron chi connectivity index (χ3n) is 4.05. The third-order valence-corrected chi connectivity index (χ3v) is 6.62. The van der Waals surface area contributed by atoms with Gasteiger partial charge < -0.3 is 14.6 Å². The van der Waals surface area contributed by atoms with Gasteiger partial charge in [0, 0.05) is 7.05 Å². The number of nitrogens with one attached hydrogen (secondary N) is 1. The number of nitrogens with zero attached hydrogens (tertiary/aromatic N) is 4. The Hall–Kier alpha value is -3.56. The first-order chi connectivity index (χ1) is 17.1. The number of halogens is 5. The molecule has 1 heterocycles. The zero-order chi connectivity index (χ0) is 28.1. The van der Waals surface area contributed by atoms with Crippen molar-refractivity contribution in [3.8, 4) is 23.6 Å². The number of phenolic OH excluding ortho intramolecular Hbond substituents is 1. The van der Waals surface area contributed by atoms with Gasteiger partial charge >= 0.3 is 24.1 Å². The van der Waals surface area contributed by atoms with E-state index in [-0.39, 0.29) is 16.4 Å². The highest BCUT2D eigenvalue weighted by Crippen LogP contribution is 2.33. The molecule has 0 aliphatic heterocycles. The van der Waals surface area contributed by atoms with E-state index < -0.39 is 38.8 Å². The maximum Gasteiger partial charge on any atom is 0.573 e. The Labute approximate surface area is 223 Å². The molecule has 0 spiro atoms. The molecule has 2 aromatic carbocycles. The number of rotatable bonds is 4. The Bertz CT molecular complexity index is 1510. The Kier molecular flexibility index (Phi) is 9.35. The molecule has 0 radical (unpaired) electrons. The largest absolute Gasteiger partial charge is 0.573 e. The van der Waals surface area contributed by atoms with Gasteiger partial charge in [-0.05, 0) is 56.1 Å². The zero-order valence-corrected chi connectivity index (χ0v) is 22.4. The molecular weight excluding hydrogens is 659 g/mol. The fourth-order valence-electron chi connectivity index (χ4n) is 2.45. The highest BCUT2D eigenvalue weighted by Gasteiger charge is 2.34. The Morgan fingerprint density at radius 2 is 1.78 bits per heavy atom. The van der Waals surface area contributed by atoms with Crippen molar-refractivity contribution in [1.82, 2.24) is 19.1 Å². The predicted molar refractivity (Wildman–Crippen MR) is 126 cm³/mol. The first kappa shape index (κ1) is 29.7. The Balaban J connectivity index is 0.000000364. The van der Waals surface area contributed by atoms with Crippen LogP contribution in [0, 0.1) is 11.3 Å². The molecule has 0 fully saturated rings. The number of alkyl halides is 3. The van der Waals surface area contributed by atoms with Gasteiger partial charge in [-0.15, -0.1) is 23.0 Å². The molecule has 1 aromatic heterocycles. The van der Waals surface area contributed by atoms with Crippen molar-refractivity contribution in [2.24, 2.45) is 7.05 Å². The number of aromatic hydroxyl groups is 1. The van der Waals surface area contributed by atoms with Crippen molar-refractivity contribution in [2.45, 2.75) is 11.3 Å². The van der Waals surface area contributed by atoms with E-state index in [0.29, 0.717) is 14.5 Å². The number of hydrogen-bond acceptors (Lipinski definition) is 9. The molecule has 0 unspecified atom stereocenters. The lowest BCUT2D eigenvalue weighted by Crippen LogP contribution is -2.40. The maximum atomic E-state index is 12.4. The number of hydrogen-bond donors (Lipinski definition) is 2. The van der Waals surface area contributed by atoms with Crippen molar-refractivity contribution in [2.75, 3.05) is 7.11 Å². The molecule has 0 atom stereocenters. The number of ether oxygens (including phenoxy) is 2. The minimum Gasteiger partial charge on any atom is -0.506 e. The minimum atomic E-state index is -5.15. The van der Waals surface area contributed by atoms with E-state index in [1.807, 2.05) is 6.07 Å². The first-order valence-electron chi connectivity index (χ1n) is 9.31. The van der Waals surface area contributed by atoms with E-state index in [2.05, 4.69) is 41.7 Å². The highest BCUT2D eigenvalue weighted by atomic mass is 79.9. The van der Waals surface area contributed by atoms with Gasteiger partial charge in [0.2, 0.25) is 0 Å². The number of carbonyl (C=O) groups excluding carboxylic acids is 1. The number of benzene rings is 2. The summed E-state index contributed by atoms with van der Waals surface area (Å²) < 4.78 is 73.4. The van der Waals surface area contributed by atoms with Crippen LogP contribution < -0.4 is 19.9 Å². The van der Waals surface area contributed by atoms with E-state index in [1.165, 1.54) is 11.8 Å². The number of carbonyl (C=O) groups is 1. The van der Waals surface area contributed by atoms with Crippen LogP contribution in [0.2, 0.25) is 0 Å². The lowest BCUT2D eigenvalue weighted by atomic mass is 10.2. The van der Waals surface area contributed by atoms with Crippen molar-refractivity contribution >= 4 is 47.9 Å². The van der Waals surface area contributed by atoms with Crippen LogP contribution in [0.5, 0.6) is 17.5 Å². The second-order valence-corrected chi connectivity index (χ2v) is 9.91. The molecule has 3 rings (SSSR count). The molecule has 37 heavy (non-hydrogen) atoms.